The molecule has 0 bridgehead atoms. The summed E-state index contributed by atoms with van der Waals surface area (Å²) in [6.07, 6.45) is 1.30. The van der Waals surface area contributed by atoms with Crippen molar-refractivity contribution < 1.29 is 19.4 Å². The van der Waals surface area contributed by atoms with Crippen molar-refractivity contribution in [1.82, 2.24) is 10.6 Å². The average Bonchev–Trinajstić information content (AvgIpc) is 2.33. The predicted molar refractivity (Wildman–Crippen MR) is 73.1 cm³/mol. The molecule has 6 nitrogen and oxygen atoms in total. The minimum Gasteiger partial charge on any atom is -0.481 e. The molecule has 0 aromatic rings. The van der Waals surface area contributed by atoms with Crippen LogP contribution in [0.1, 0.15) is 33.6 Å². The minimum absolute atomic E-state index is 0.158. The van der Waals surface area contributed by atoms with E-state index in [0.29, 0.717) is 26.2 Å². The lowest BCUT2D eigenvalue weighted by molar-refractivity contribution is -0.142. The van der Waals surface area contributed by atoms with E-state index in [1.165, 1.54) is 0 Å². The van der Waals surface area contributed by atoms with Crippen LogP contribution in [0.5, 0.6) is 0 Å². The van der Waals surface area contributed by atoms with Gasteiger partial charge in [-0.1, -0.05) is 13.8 Å². The van der Waals surface area contributed by atoms with Crippen molar-refractivity contribution in [2.24, 2.45) is 11.8 Å². The number of urea groups is 1. The van der Waals surface area contributed by atoms with Gasteiger partial charge in [-0.15, -0.1) is 0 Å². The van der Waals surface area contributed by atoms with Gasteiger partial charge in [0.1, 0.15) is 0 Å². The molecule has 19 heavy (non-hydrogen) atoms. The second kappa shape index (κ2) is 10.6. The highest BCUT2D eigenvalue weighted by atomic mass is 16.5. The number of carbonyl (C=O) groups is 2. The quantitative estimate of drug-likeness (QED) is 0.526. The van der Waals surface area contributed by atoms with Crippen LogP contribution in [0.4, 0.5) is 4.79 Å². The zero-order valence-corrected chi connectivity index (χ0v) is 12.1. The summed E-state index contributed by atoms with van der Waals surface area (Å²) in [6.45, 7) is 7.80. The maximum atomic E-state index is 11.4. The van der Waals surface area contributed by atoms with Gasteiger partial charge in [0.15, 0.2) is 0 Å². The Labute approximate surface area is 114 Å². The van der Waals surface area contributed by atoms with Gasteiger partial charge in [0.05, 0.1) is 5.92 Å². The van der Waals surface area contributed by atoms with Gasteiger partial charge >= 0.3 is 12.0 Å². The highest BCUT2D eigenvalue weighted by molar-refractivity contribution is 5.75. The molecular weight excluding hydrogens is 248 g/mol. The van der Waals surface area contributed by atoms with Crippen molar-refractivity contribution >= 4 is 12.0 Å². The van der Waals surface area contributed by atoms with E-state index < -0.39 is 11.9 Å². The SMILES string of the molecule is CCOCCCNC(=O)NCC(CC(C)C)C(=O)O. The molecule has 6 heteroatoms. The molecule has 0 saturated heterocycles. The normalized spacial score (nSPS) is 12.2. The molecule has 0 radical (unpaired) electrons. The molecule has 2 amide bonds. The lowest BCUT2D eigenvalue weighted by Gasteiger charge is -2.15. The van der Waals surface area contributed by atoms with Crippen LogP contribution < -0.4 is 10.6 Å². The molecule has 0 rings (SSSR count). The standard InChI is InChI=1S/C13H26N2O4/c1-4-19-7-5-6-14-13(18)15-9-11(12(16)17)8-10(2)3/h10-11H,4-9H2,1-3H3,(H,16,17)(H2,14,15,18). The Morgan fingerprint density at radius 1 is 1.26 bits per heavy atom. The number of carboxylic acid groups (broad SMARTS) is 1. The highest BCUT2D eigenvalue weighted by Gasteiger charge is 2.19. The summed E-state index contributed by atoms with van der Waals surface area (Å²) in [5.41, 5.74) is 0. The fourth-order valence-electron chi connectivity index (χ4n) is 1.64. The van der Waals surface area contributed by atoms with Crippen molar-refractivity contribution in [3.63, 3.8) is 0 Å². The first-order valence-electron chi connectivity index (χ1n) is 6.79. The summed E-state index contributed by atoms with van der Waals surface area (Å²) in [5.74, 6) is -1.11. The molecule has 0 saturated carbocycles. The largest absolute Gasteiger partial charge is 0.481 e. The number of carboxylic acids is 1. The van der Waals surface area contributed by atoms with Crippen LogP contribution >= 0.6 is 0 Å². The Balaban J connectivity index is 3.76. The molecule has 112 valence electrons. The van der Waals surface area contributed by atoms with E-state index in [2.05, 4.69) is 10.6 Å². The Hall–Kier alpha value is -1.30. The lowest BCUT2D eigenvalue weighted by atomic mass is 9.97. The second-order valence-electron chi connectivity index (χ2n) is 4.85. The molecule has 0 aliphatic rings. The number of hydrogen-bond donors (Lipinski definition) is 3. The zero-order chi connectivity index (χ0) is 14.7. The van der Waals surface area contributed by atoms with Gasteiger partial charge in [0.25, 0.3) is 0 Å². The number of amides is 2. The molecule has 1 atom stereocenters. The topological polar surface area (TPSA) is 87.7 Å². The summed E-state index contributed by atoms with van der Waals surface area (Å²) in [7, 11) is 0. The smallest absolute Gasteiger partial charge is 0.314 e. The van der Waals surface area contributed by atoms with Crippen molar-refractivity contribution in [3.05, 3.63) is 0 Å². The summed E-state index contributed by atoms with van der Waals surface area (Å²) in [6, 6.07) is -0.327. The van der Waals surface area contributed by atoms with Crippen molar-refractivity contribution in [2.75, 3.05) is 26.3 Å². The number of rotatable bonds is 10. The molecule has 0 aromatic heterocycles. The fourth-order valence-corrected chi connectivity index (χ4v) is 1.64. The van der Waals surface area contributed by atoms with Crippen LogP contribution in [-0.2, 0) is 9.53 Å². The zero-order valence-electron chi connectivity index (χ0n) is 12.1. The Kier molecular flexibility index (Phi) is 9.88. The lowest BCUT2D eigenvalue weighted by Crippen LogP contribution is -2.40. The van der Waals surface area contributed by atoms with Crippen LogP contribution in [0, 0.1) is 11.8 Å². The van der Waals surface area contributed by atoms with Crippen LogP contribution in [-0.4, -0.2) is 43.4 Å². The maximum absolute atomic E-state index is 11.4. The molecule has 0 aliphatic heterocycles. The van der Waals surface area contributed by atoms with E-state index in [9.17, 15) is 9.59 Å². The van der Waals surface area contributed by atoms with Gasteiger partial charge in [-0.25, -0.2) is 4.79 Å². The molecular formula is C13H26N2O4. The first-order chi connectivity index (χ1) is 8.97. The number of aliphatic carboxylic acids is 1. The number of ether oxygens (including phenoxy) is 1. The summed E-state index contributed by atoms with van der Waals surface area (Å²) < 4.78 is 5.14. The third-order valence-corrected chi connectivity index (χ3v) is 2.57. The van der Waals surface area contributed by atoms with Gasteiger partial charge in [0, 0.05) is 26.3 Å². The van der Waals surface area contributed by atoms with Gasteiger partial charge in [0.2, 0.25) is 0 Å². The molecule has 0 aliphatic carbocycles. The monoisotopic (exact) mass is 274 g/mol. The first kappa shape index (κ1) is 17.7. The molecule has 0 fully saturated rings. The van der Waals surface area contributed by atoms with Gasteiger partial charge in [-0.3, -0.25) is 4.79 Å². The third-order valence-electron chi connectivity index (χ3n) is 2.57. The number of carbonyl (C=O) groups excluding carboxylic acids is 1. The highest BCUT2D eigenvalue weighted by Crippen LogP contribution is 2.10. The van der Waals surface area contributed by atoms with Crippen molar-refractivity contribution in [2.45, 2.75) is 33.6 Å². The summed E-state index contributed by atoms with van der Waals surface area (Å²) >= 11 is 0. The Bertz CT molecular complexity index is 269. The molecule has 0 aromatic carbocycles. The van der Waals surface area contributed by atoms with E-state index in [-0.39, 0.29) is 18.5 Å². The van der Waals surface area contributed by atoms with E-state index in [1.807, 2.05) is 20.8 Å². The molecule has 3 N–H and O–H groups in total. The van der Waals surface area contributed by atoms with Crippen molar-refractivity contribution in [3.8, 4) is 0 Å². The van der Waals surface area contributed by atoms with Crippen LogP contribution in [0.3, 0.4) is 0 Å². The van der Waals surface area contributed by atoms with Crippen molar-refractivity contribution in [1.29, 1.82) is 0 Å². The van der Waals surface area contributed by atoms with Gasteiger partial charge < -0.3 is 20.5 Å². The summed E-state index contributed by atoms with van der Waals surface area (Å²) in [4.78, 5) is 22.4. The predicted octanol–water partition coefficient (Wildman–Crippen LogP) is 1.46. The third kappa shape index (κ3) is 10.3. The van der Waals surface area contributed by atoms with Crippen LogP contribution in [0.2, 0.25) is 0 Å². The average molecular weight is 274 g/mol. The first-order valence-corrected chi connectivity index (χ1v) is 6.79. The van der Waals surface area contributed by atoms with Crippen LogP contribution in [0.15, 0.2) is 0 Å². The minimum atomic E-state index is -0.870. The number of hydrogen-bond acceptors (Lipinski definition) is 3. The van der Waals surface area contributed by atoms with Gasteiger partial charge in [-0.05, 0) is 25.7 Å². The van der Waals surface area contributed by atoms with Gasteiger partial charge in [-0.2, -0.15) is 0 Å². The molecule has 0 spiro atoms. The number of nitrogens with one attached hydrogen (secondary N) is 2. The Morgan fingerprint density at radius 2 is 1.95 bits per heavy atom. The summed E-state index contributed by atoms with van der Waals surface area (Å²) in [5, 5.41) is 14.3. The van der Waals surface area contributed by atoms with E-state index in [4.69, 9.17) is 9.84 Å². The fraction of sp³-hybridized carbons (Fsp3) is 0.846. The van der Waals surface area contributed by atoms with E-state index in [1.54, 1.807) is 0 Å². The second-order valence-corrected chi connectivity index (χ2v) is 4.85. The van der Waals surface area contributed by atoms with E-state index >= 15 is 0 Å². The van der Waals surface area contributed by atoms with Crippen LogP contribution in [0.25, 0.3) is 0 Å². The maximum Gasteiger partial charge on any atom is 0.314 e. The molecule has 0 heterocycles. The molecule has 1 unspecified atom stereocenters. The Morgan fingerprint density at radius 3 is 2.47 bits per heavy atom. The van der Waals surface area contributed by atoms with E-state index in [0.717, 1.165) is 6.42 Å².